The van der Waals surface area contributed by atoms with Crippen LogP contribution in [0.5, 0.6) is 0 Å². The van der Waals surface area contributed by atoms with E-state index in [0.29, 0.717) is 6.04 Å². The summed E-state index contributed by atoms with van der Waals surface area (Å²) in [5, 5.41) is 12.4. The fraction of sp³-hybridized carbons (Fsp3) is 0.462. The molecule has 0 bridgehead atoms. The van der Waals surface area contributed by atoms with Gasteiger partial charge in [0.05, 0.1) is 6.07 Å². The molecular formula is C13H15FN2. The Kier molecular flexibility index (Phi) is 3.53. The van der Waals surface area contributed by atoms with Gasteiger partial charge in [-0.2, -0.15) is 5.26 Å². The summed E-state index contributed by atoms with van der Waals surface area (Å²) in [6, 6.07) is 8.47. The summed E-state index contributed by atoms with van der Waals surface area (Å²) in [6.07, 6.45) is 4.68. The van der Waals surface area contributed by atoms with E-state index >= 15 is 0 Å². The highest BCUT2D eigenvalue weighted by Crippen LogP contribution is 2.22. The predicted molar refractivity (Wildman–Crippen MR) is 60.1 cm³/mol. The molecule has 0 saturated heterocycles. The van der Waals surface area contributed by atoms with Crippen LogP contribution in [-0.4, -0.2) is 6.04 Å². The SMILES string of the molecule is N#CC(NC1CCCC1)c1cccc(F)c1. The van der Waals surface area contributed by atoms with Gasteiger partial charge in [0.25, 0.3) is 0 Å². The Morgan fingerprint density at radius 2 is 2.12 bits per heavy atom. The van der Waals surface area contributed by atoms with E-state index < -0.39 is 6.04 Å². The minimum Gasteiger partial charge on any atom is -0.295 e. The molecule has 1 atom stereocenters. The van der Waals surface area contributed by atoms with Crippen LogP contribution < -0.4 is 5.32 Å². The van der Waals surface area contributed by atoms with Crippen LogP contribution in [0.3, 0.4) is 0 Å². The summed E-state index contributed by atoms with van der Waals surface area (Å²) >= 11 is 0. The van der Waals surface area contributed by atoms with E-state index in [1.165, 1.54) is 25.0 Å². The molecule has 0 heterocycles. The molecule has 1 aliphatic carbocycles. The fourth-order valence-corrected chi connectivity index (χ4v) is 2.22. The number of rotatable bonds is 3. The average Bonchev–Trinajstić information content (AvgIpc) is 2.78. The first-order valence-corrected chi connectivity index (χ1v) is 5.71. The van der Waals surface area contributed by atoms with Crippen molar-refractivity contribution in [2.24, 2.45) is 0 Å². The second-order valence-electron chi connectivity index (χ2n) is 4.27. The molecule has 1 fully saturated rings. The van der Waals surface area contributed by atoms with E-state index in [4.69, 9.17) is 5.26 Å². The Morgan fingerprint density at radius 1 is 1.38 bits per heavy atom. The number of hydrogen-bond donors (Lipinski definition) is 1. The van der Waals surface area contributed by atoms with Crippen molar-refractivity contribution in [1.82, 2.24) is 5.32 Å². The Bertz CT molecular complexity index is 391. The van der Waals surface area contributed by atoms with Crippen LogP contribution in [0.2, 0.25) is 0 Å². The smallest absolute Gasteiger partial charge is 0.123 e. The van der Waals surface area contributed by atoms with Crippen LogP contribution in [0.25, 0.3) is 0 Å². The van der Waals surface area contributed by atoms with Crippen molar-refractivity contribution in [2.75, 3.05) is 0 Å². The van der Waals surface area contributed by atoms with Gasteiger partial charge in [-0.25, -0.2) is 4.39 Å². The standard InChI is InChI=1S/C13H15FN2/c14-11-5-3-4-10(8-11)13(9-15)16-12-6-1-2-7-12/h3-5,8,12-13,16H,1-2,6-7H2. The van der Waals surface area contributed by atoms with Gasteiger partial charge in [-0.05, 0) is 30.5 Å². The molecule has 3 heteroatoms. The van der Waals surface area contributed by atoms with Crippen molar-refractivity contribution in [1.29, 1.82) is 5.26 Å². The van der Waals surface area contributed by atoms with E-state index in [0.717, 1.165) is 18.4 Å². The highest BCUT2D eigenvalue weighted by molar-refractivity contribution is 5.24. The molecule has 0 radical (unpaired) electrons. The van der Waals surface area contributed by atoms with E-state index in [2.05, 4.69) is 11.4 Å². The van der Waals surface area contributed by atoms with Crippen LogP contribution in [0.1, 0.15) is 37.3 Å². The molecule has 0 spiro atoms. The molecule has 0 amide bonds. The summed E-state index contributed by atoms with van der Waals surface area (Å²) in [4.78, 5) is 0. The first-order chi connectivity index (χ1) is 7.79. The molecule has 0 aliphatic heterocycles. The molecule has 2 nitrogen and oxygen atoms in total. The summed E-state index contributed by atoms with van der Waals surface area (Å²) in [6.45, 7) is 0. The summed E-state index contributed by atoms with van der Waals surface area (Å²) in [5.41, 5.74) is 0.717. The van der Waals surface area contributed by atoms with Gasteiger partial charge in [0, 0.05) is 6.04 Å². The van der Waals surface area contributed by atoms with Gasteiger partial charge in [-0.1, -0.05) is 25.0 Å². The highest BCUT2D eigenvalue weighted by atomic mass is 19.1. The number of benzene rings is 1. The maximum absolute atomic E-state index is 13.0. The van der Waals surface area contributed by atoms with Crippen LogP contribution in [0, 0.1) is 17.1 Å². The highest BCUT2D eigenvalue weighted by Gasteiger charge is 2.19. The predicted octanol–water partition coefficient (Wildman–Crippen LogP) is 2.92. The van der Waals surface area contributed by atoms with Gasteiger partial charge >= 0.3 is 0 Å². The van der Waals surface area contributed by atoms with E-state index in [1.54, 1.807) is 12.1 Å². The van der Waals surface area contributed by atoms with Crippen molar-refractivity contribution >= 4 is 0 Å². The molecule has 16 heavy (non-hydrogen) atoms. The normalized spacial score (nSPS) is 18.2. The molecule has 1 unspecified atom stereocenters. The van der Waals surface area contributed by atoms with E-state index in [-0.39, 0.29) is 5.82 Å². The van der Waals surface area contributed by atoms with Crippen molar-refractivity contribution in [3.05, 3.63) is 35.6 Å². The largest absolute Gasteiger partial charge is 0.295 e. The quantitative estimate of drug-likeness (QED) is 0.846. The number of hydrogen-bond acceptors (Lipinski definition) is 2. The summed E-state index contributed by atoms with van der Waals surface area (Å²) in [5.74, 6) is -0.286. The lowest BCUT2D eigenvalue weighted by Crippen LogP contribution is -2.29. The van der Waals surface area contributed by atoms with Crippen LogP contribution in [0.4, 0.5) is 4.39 Å². The molecular weight excluding hydrogens is 203 g/mol. The molecule has 1 N–H and O–H groups in total. The van der Waals surface area contributed by atoms with Crippen molar-refractivity contribution in [3.63, 3.8) is 0 Å². The minimum absolute atomic E-state index is 0.286. The Morgan fingerprint density at radius 3 is 2.75 bits per heavy atom. The molecule has 2 rings (SSSR count). The topological polar surface area (TPSA) is 35.8 Å². The fourth-order valence-electron chi connectivity index (χ4n) is 2.22. The maximum Gasteiger partial charge on any atom is 0.123 e. The molecule has 1 saturated carbocycles. The lowest BCUT2D eigenvalue weighted by molar-refractivity contribution is 0.490. The molecule has 1 aliphatic rings. The third-order valence-corrected chi connectivity index (χ3v) is 3.07. The average molecular weight is 218 g/mol. The summed E-state index contributed by atoms with van der Waals surface area (Å²) < 4.78 is 13.0. The van der Waals surface area contributed by atoms with Crippen molar-refractivity contribution < 1.29 is 4.39 Å². The molecule has 1 aromatic rings. The van der Waals surface area contributed by atoms with Gasteiger partial charge < -0.3 is 0 Å². The number of nitrogens with zero attached hydrogens (tertiary/aromatic N) is 1. The first kappa shape index (κ1) is 11.1. The van der Waals surface area contributed by atoms with E-state index in [9.17, 15) is 4.39 Å². The summed E-state index contributed by atoms with van der Waals surface area (Å²) in [7, 11) is 0. The van der Waals surface area contributed by atoms with Gasteiger partial charge in [-0.3, -0.25) is 5.32 Å². The lowest BCUT2D eigenvalue weighted by atomic mass is 10.1. The van der Waals surface area contributed by atoms with Gasteiger partial charge in [0.2, 0.25) is 0 Å². The molecule has 0 aromatic heterocycles. The monoisotopic (exact) mass is 218 g/mol. The van der Waals surface area contributed by atoms with Crippen molar-refractivity contribution in [2.45, 2.75) is 37.8 Å². The third-order valence-electron chi connectivity index (χ3n) is 3.07. The first-order valence-electron chi connectivity index (χ1n) is 5.71. The molecule has 84 valence electrons. The zero-order chi connectivity index (χ0) is 11.4. The number of nitrogens with one attached hydrogen (secondary N) is 1. The van der Waals surface area contributed by atoms with Crippen molar-refractivity contribution in [3.8, 4) is 6.07 Å². The van der Waals surface area contributed by atoms with Gasteiger partial charge in [0.15, 0.2) is 0 Å². The number of halogens is 1. The van der Waals surface area contributed by atoms with Gasteiger partial charge in [0.1, 0.15) is 11.9 Å². The zero-order valence-corrected chi connectivity index (χ0v) is 9.12. The Labute approximate surface area is 95.1 Å². The van der Waals surface area contributed by atoms with Crippen LogP contribution in [-0.2, 0) is 0 Å². The Balaban J connectivity index is 2.07. The second kappa shape index (κ2) is 5.09. The lowest BCUT2D eigenvalue weighted by Gasteiger charge is -2.17. The zero-order valence-electron chi connectivity index (χ0n) is 9.12. The second-order valence-corrected chi connectivity index (χ2v) is 4.27. The van der Waals surface area contributed by atoms with Gasteiger partial charge in [-0.15, -0.1) is 0 Å². The van der Waals surface area contributed by atoms with Crippen LogP contribution >= 0.6 is 0 Å². The maximum atomic E-state index is 13.0. The minimum atomic E-state index is -0.390. The Hall–Kier alpha value is -1.40. The van der Waals surface area contributed by atoms with E-state index in [1.807, 2.05) is 0 Å². The third kappa shape index (κ3) is 2.59. The van der Waals surface area contributed by atoms with Crippen LogP contribution in [0.15, 0.2) is 24.3 Å². The number of nitriles is 1. The molecule has 1 aromatic carbocycles.